The second-order valence-corrected chi connectivity index (χ2v) is 9.56. The number of ether oxygens (including phenoxy) is 1. The second-order valence-electron chi connectivity index (χ2n) is 9.56. The number of nitrogens with zero attached hydrogens (tertiary/aromatic N) is 4. The van der Waals surface area contributed by atoms with Crippen molar-refractivity contribution in [3.05, 3.63) is 101 Å². The molecule has 1 aliphatic heterocycles. The first kappa shape index (κ1) is 24.8. The Morgan fingerprint density at radius 1 is 0.973 bits per heavy atom. The largest absolute Gasteiger partial charge is 0.449 e. The van der Waals surface area contributed by atoms with Gasteiger partial charge in [-0.25, -0.2) is 9.59 Å². The first-order chi connectivity index (χ1) is 18.2. The van der Waals surface area contributed by atoms with Crippen molar-refractivity contribution in [3.63, 3.8) is 0 Å². The van der Waals surface area contributed by atoms with Gasteiger partial charge in [0.25, 0.3) is 0 Å². The summed E-state index contributed by atoms with van der Waals surface area (Å²) in [5.74, 6) is 0. The lowest BCUT2D eigenvalue weighted by Gasteiger charge is -2.32. The molecular formula is C29H33N5O3. The molecule has 0 aliphatic carbocycles. The molecule has 2 aromatic carbocycles. The molecule has 8 heteroatoms. The molecule has 5 rings (SSSR count). The number of H-pyrrole nitrogens is 1. The summed E-state index contributed by atoms with van der Waals surface area (Å²) in [4.78, 5) is 36.5. The van der Waals surface area contributed by atoms with Crippen molar-refractivity contribution in [1.29, 1.82) is 0 Å². The van der Waals surface area contributed by atoms with Crippen LogP contribution in [0.15, 0.2) is 83.9 Å². The van der Waals surface area contributed by atoms with Crippen LogP contribution < -0.4 is 5.69 Å². The minimum atomic E-state index is -0.272. The molecule has 192 valence electrons. The predicted molar refractivity (Wildman–Crippen MR) is 143 cm³/mol. The average molecular weight is 500 g/mol. The number of amides is 1. The van der Waals surface area contributed by atoms with Gasteiger partial charge in [-0.15, -0.1) is 0 Å². The highest BCUT2D eigenvalue weighted by Gasteiger charge is 2.26. The van der Waals surface area contributed by atoms with Gasteiger partial charge in [-0.1, -0.05) is 48.5 Å². The van der Waals surface area contributed by atoms with Gasteiger partial charge in [0.2, 0.25) is 0 Å². The van der Waals surface area contributed by atoms with Crippen LogP contribution >= 0.6 is 0 Å². The quantitative estimate of drug-likeness (QED) is 0.341. The van der Waals surface area contributed by atoms with Gasteiger partial charge in [0, 0.05) is 51.2 Å². The normalized spacial score (nSPS) is 14.4. The summed E-state index contributed by atoms with van der Waals surface area (Å²) in [7, 11) is 0. The first-order valence-corrected chi connectivity index (χ1v) is 12.9. The number of fused-ring (bicyclic) bond motifs is 1. The molecule has 1 aliphatic rings. The Morgan fingerprint density at radius 2 is 1.70 bits per heavy atom. The molecule has 8 nitrogen and oxygen atoms in total. The third-order valence-corrected chi connectivity index (χ3v) is 6.93. The van der Waals surface area contributed by atoms with Crippen LogP contribution in [0, 0.1) is 0 Å². The topological polar surface area (TPSA) is 83.5 Å². The highest BCUT2D eigenvalue weighted by molar-refractivity contribution is 5.75. The Labute approximate surface area is 216 Å². The maximum atomic E-state index is 12.7. The van der Waals surface area contributed by atoms with Crippen molar-refractivity contribution in [3.8, 4) is 0 Å². The summed E-state index contributed by atoms with van der Waals surface area (Å²) in [5.41, 5.74) is 4.08. The number of imidazole rings is 1. The van der Waals surface area contributed by atoms with Crippen molar-refractivity contribution in [1.82, 2.24) is 24.3 Å². The van der Waals surface area contributed by atoms with E-state index in [1.165, 1.54) is 5.56 Å². The van der Waals surface area contributed by atoms with Crippen LogP contribution in [0.2, 0.25) is 0 Å². The Balaban J connectivity index is 1.10. The number of piperidine rings is 1. The number of hydrogen-bond acceptors (Lipinski definition) is 5. The Kier molecular flexibility index (Phi) is 7.96. The van der Waals surface area contributed by atoms with E-state index in [2.05, 4.69) is 45.2 Å². The summed E-state index contributed by atoms with van der Waals surface area (Å²) in [6.45, 7) is 3.95. The molecule has 1 N–H and O–H groups in total. The number of carbonyl (C=O) groups is 1. The van der Waals surface area contributed by atoms with Crippen molar-refractivity contribution in [2.45, 2.75) is 38.4 Å². The van der Waals surface area contributed by atoms with Crippen LogP contribution in [-0.2, 0) is 17.8 Å². The zero-order valence-corrected chi connectivity index (χ0v) is 21.0. The van der Waals surface area contributed by atoms with Gasteiger partial charge < -0.3 is 14.6 Å². The molecule has 1 fully saturated rings. The fraction of sp³-hybridized carbons (Fsp3) is 0.345. The van der Waals surface area contributed by atoms with Gasteiger partial charge in [-0.3, -0.25) is 14.5 Å². The lowest BCUT2D eigenvalue weighted by Crippen LogP contribution is -2.41. The minimum Gasteiger partial charge on any atom is -0.449 e. The van der Waals surface area contributed by atoms with Gasteiger partial charge in [0.05, 0.1) is 17.6 Å². The molecule has 0 radical (unpaired) electrons. The van der Waals surface area contributed by atoms with E-state index in [0.717, 1.165) is 55.5 Å². The highest BCUT2D eigenvalue weighted by atomic mass is 16.6. The zero-order chi connectivity index (χ0) is 25.5. The molecular weight excluding hydrogens is 466 g/mol. The number of benzene rings is 2. The van der Waals surface area contributed by atoms with Crippen LogP contribution in [0.25, 0.3) is 11.0 Å². The van der Waals surface area contributed by atoms with E-state index in [1.54, 1.807) is 11.1 Å². The van der Waals surface area contributed by atoms with Crippen LogP contribution in [0.5, 0.6) is 0 Å². The van der Waals surface area contributed by atoms with Gasteiger partial charge in [-0.05, 0) is 48.6 Å². The third kappa shape index (κ3) is 6.27. The second kappa shape index (κ2) is 11.9. The number of nitrogens with one attached hydrogen (secondary N) is 1. The molecule has 0 spiro atoms. The molecule has 0 bridgehead atoms. The van der Waals surface area contributed by atoms with E-state index < -0.39 is 0 Å². The maximum absolute atomic E-state index is 12.7. The minimum absolute atomic E-state index is 0.0757. The molecule has 3 heterocycles. The van der Waals surface area contributed by atoms with Crippen molar-refractivity contribution in [2.75, 3.05) is 26.2 Å². The number of rotatable bonds is 9. The van der Waals surface area contributed by atoms with E-state index in [1.807, 2.05) is 47.2 Å². The number of aromatic nitrogens is 3. The summed E-state index contributed by atoms with van der Waals surface area (Å²) in [5, 5.41) is 0. The summed E-state index contributed by atoms with van der Waals surface area (Å²) >= 11 is 0. The van der Waals surface area contributed by atoms with E-state index in [9.17, 15) is 9.59 Å². The molecule has 1 saturated heterocycles. The van der Waals surface area contributed by atoms with E-state index in [0.29, 0.717) is 19.7 Å². The van der Waals surface area contributed by atoms with Crippen LogP contribution in [0.3, 0.4) is 0 Å². The van der Waals surface area contributed by atoms with Gasteiger partial charge in [0.1, 0.15) is 0 Å². The van der Waals surface area contributed by atoms with Crippen LogP contribution in [-0.4, -0.2) is 56.7 Å². The van der Waals surface area contributed by atoms with Gasteiger partial charge in [0.15, 0.2) is 0 Å². The Morgan fingerprint density at radius 3 is 2.49 bits per heavy atom. The summed E-state index contributed by atoms with van der Waals surface area (Å²) in [6.07, 6.45) is 5.61. The molecule has 1 amide bonds. The fourth-order valence-corrected chi connectivity index (χ4v) is 5.09. The van der Waals surface area contributed by atoms with E-state index >= 15 is 0 Å². The smallest absolute Gasteiger partial charge is 0.409 e. The average Bonchev–Trinajstić information content (AvgIpc) is 3.27. The predicted octanol–water partition coefficient (Wildman–Crippen LogP) is 4.59. The number of para-hydroxylation sites is 2. The SMILES string of the molecule is O=C(OCCCN(Cc1ccccc1)Cc1cccnc1)N1CCC(n2c(=O)[nH]c3ccccc32)CC1. The number of hydrogen-bond donors (Lipinski definition) is 1. The lowest BCUT2D eigenvalue weighted by atomic mass is 10.0. The van der Waals surface area contributed by atoms with E-state index in [4.69, 9.17) is 4.74 Å². The first-order valence-electron chi connectivity index (χ1n) is 12.9. The van der Waals surface area contributed by atoms with Gasteiger partial charge in [-0.2, -0.15) is 0 Å². The number of aromatic amines is 1. The monoisotopic (exact) mass is 499 g/mol. The molecule has 0 saturated carbocycles. The van der Waals surface area contributed by atoms with Crippen molar-refractivity contribution >= 4 is 17.1 Å². The number of likely N-dealkylation sites (tertiary alicyclic amines) is 1. The standard InChI is InChI=1S/C29H33N5O3/c35-28-31-26-11-4-5-12-27(26)34(28)25-13-17-33(18-14-25)29(36)37-19-7-16-32(21-23-8-2-1-3-9-23)22-24-10-6-15-30-20-24/h1-6,8-12,15,20,25H,7,13-14,16-19,21-22H2,(H,31,35). The Bertz CT molecular complexity index is 1300. The van der Waals surface area contributed by atoms with Gasteiger partial charge >= 0.3 is 11.8 Å². The summed E-state index contributed by atoms with van der Waals surface area (Å²) in [6, 6.07) is 22.2. The number of carbonyl (C=O) groups excluding carboxylic acids is 1. The molecule has 4 aromatic rings. The van der Waals surface area contributed by atoms with Crippen LogP contribution in [0.1, 0.15) is 36.4 Å². The highest BCUT2D eigenvalue weighted by Crippen LogP contribution is 2.25. The van der Waals surface area contributed by atoms with Crippen LogP contribution in [0.4, 0.5) is 4.79 Å². The molecule has 0 atom stereocenters. The maximum Gasteiger partial charge on any atom is 0.409 e. The van der Waals surface area contributed by atoms with E-state index in [-0.39, 0.29) is 17.8 Å². The molecule has 0 unspecified atom stereocenters. The fourth-order valence-electron chi connectivity index (χ4n) is 5.09. The molecule has 2 aromatic heterocycles. The summed E-state index contributed by atoms with van der Waals surface area (Å²) < 4.78 is 7.46. The van der Waals surface area contributed by atoms with Crippen molar-refractivity contribution in [2.24, 2.45) is 0 Å². The lowest BCUT2D eigenvalue weighted by molar-refractivity contribution is 0.0840. The zero-order valence-electron chi connectivity index (χ0n) is 21.0. The third-order valence-electron chi connectivity index (χ3n) is 6.93. The Hall–Kier alpha value is -3.91. The number of pyridine rings is 1. The molecule has 37 heavy (non-hydrogen) atoms. The van der Waals surface area contributed by atoms with Crippen molar-refractivity contribution < 1.29 is 9.53 Å².